The van der Waals surface area contributed by atoms with Gasteiger partial charge < -0.3 is 19.7 Å². The van der Waals surface area contributed by atoms with Crippen LogP contribution in [-0.2, 0) is 11.3 Å². The van der Waals surface area contributed by atoms with E-state index in [1.54, 1.807) is 7.11 Å². The number of thiazole rings is 1. The summed E-state index contributed by atoms with van der Waals surface area (Å²) in [4.78, 5) is 20.7. The molecule has 2 aromatic heterocycles. The monoisotopic (exact) mass is 464 g/mol. The number of imidazole rings is 1. The summed E-state index contributed by atoms with van der Waals surface area (Å²) < 4.78 is 12.6. The SMILES string of the molecule is CCOC(=O)c1sc2nc(-c3ccc(N(C)C)cc3)c(NCc3cccc(OC)c3)n2c1C. The number of nitrogens with one attached hydrogen (secondary N) is 1. The van der Waals surface area contributed by atoms with Crippen LogP contribution in [0.15, 0.2) is 48.5 Å². The Morgan fingerprint density at radius 3 is 2.61 bits per heavy atom. The Labute approximate surface area is 197 Å². The number of rotatable bonds is 8. The molecule has 0 amide bonds. The van der Waals surface area contributed by atoms with Crippen LogP contribution in [-0.4, -0.2) is 43.2 Å². The summed E-state index contributed by atoms with van der Waals surface area (Å²) in [6, 6.07) is 16.2. The Kier molecular flexibility index (Phi) is 6.55. The second kappa shape index (κ2) is 9.54. The fourth-order valence-corrected chi connectivity index (χ4v) is 4.70. The molecule has 0 aliphatic carbocycles. The summed E-state index contributed by atoms with van der Waals surface area (Å²) in [5.74, 6) is 1.33. The first-order valence-electron chi connectivity index (χ1n) is 10.8. The molecule has 0 saturated carbocycles. The third-order valence-corrected chi connectivity index (χ3v) is 6.54. The molecular formula is C25H28N4O3S. The van der Waals surface area contributed by atoms with Crippen molar-refractivity contribution in [2.24, 2.45) is 0 Å². The van der Waals surface area contributed by atoms with Crippen LogP contribution in [0.1, 0.15) is 27.9 Å². The maximum Gasteiger partial charge on any atom is 0.350 e. The van der Waals surface area contributed by atoms with Gasteiger partial charge in [-0.05, 0) is 43.7 Å². The van der Waals surface area contributed by atoms with Gasteiger partial charge in [0, 0.05) is 37.6 Å². The second-order valence-electron chi connectivity index (χ2n) is 7.81. The standard InChI is InChI=1S/C25H28N4O3S/c1-6-32-24(30)22-16(2)29-23(26-15-17-8-7-9-20(14-17)31-5)21(27-25(29)33-22)18-10-12-19(13-11-18)28(3)4/h7-14,26H,6,15H2,1-5H3. The van der Waals surface area contributed by atoms with Crippen LogP contribution in [0, 0.1) is 6.92 Å². The maximum atomic E-state index is 12.5. The third-order valence-electron chi connectivity index (χ3n) is 5.42. The zero-order valence-corrected chi connectivity index (χ0v) is 20.3. The first-order chi connectivity index (χ1) is 15.9. The summed E-state index contributed by atoms with van der Waals surface area (Å²) in [5.41, 5.74) is 4.85. The molecule has 0 aliphatic heterocycles. The lowest BCUT2D eigenvalue weighted by atomic mass is 10.1. The van der Waals surface area contributed by atoms with E-state index in [0.29, 0.717) is 18.0 Å². The van der Waals surface area contributed by atoms with E-state index in [0.717, 1.165) is 44.7 Å². The van der Waals surface area contributed by atoms with Crippen molar-refractivity contribution in [1.29, 1.82) is 0 Å². The van der Waals surface area contributed by atoms with Gasteiger partial charge in [0.2, 0.25) is 0 Å². The second-order valence-corrected chi connectivity index (χ2v) is 8.79. The van der Waals surface area contributed by atoms with Crippen LogP contribution in [0.3, 0.4) is 0 Å². The quantitative estimate of drug-likeness (QED) is 0.360. The molecule has 0 radical (unpaired) electrons. The molecule has 4 rings (SSSR count). The number of carbonyl (C=O) groups is 1. The number of esters is 1. The topological polar surface area (TPSA) is 68.1 Å². The highest BCUT2D eigenvalue weighted by Gasteiger charge is 2.23. The first-order valence-corrected chi connectivity index (χ1v) is 11.6. The van der Waals surface area contributed by atoms with Gasteiger partial charge in [-0.2, -0.15) is 0 Å². The van der Waals surface area contributed by atoms with Crippen LogP contribution in [0.25, 0.3) is 16.2 Å². The molecule has 8 heteroatoms. The minimum atomic E-state index is -0.318. The highest BCUT2D eigenvalue weighted by Crippen LogP contribution is 2.35. The van der Waals surface area contributed by atoms with Crippen LogP contribution >= 0.6 is 11.3 Å². The van der Waals surface area contributed by atoms with Crippen LogP contribution in [0.5, 0.6) is 5.75 Å². The lowest BCUT2D eigenvalue weighted by Crippen LogP contribution is -2.08. The lowest BCUT2D eigenvalue weighted by Gasteiger charge is -2.13. The van der Waals surface area contributed by atoms with Crippen molar-refractivity contribution in [2.75, 3.05) is 38.0 Å². The van der Waals surface area contributed by atoms with Gasteiger partial charge in [0.25, 0.3) is 0 Å². The average Bonchev–Trinajstić information content (AvgIpc) is 3.34. The zero-order chi connectivity index (χ0) is 23.5. The van der Waals surface area contributed by atoms with E-state index in [2.05, 4.69) is 34.5 Å². The van der Waals surface area contributed by atoms with E-state index in [9.17, 15) is 4.79 Å². The molecule has 0 spiro atoms. The van der Waals surface area contributed by atoms with Crippen molar-refractivity contribution in [2.45, 2.75) is 20.4 Å². The smallest absolute Gasteiger partial charge is 0.350 e. The Morgan fingerprint density at radius 1 is 1.18 bits per heavy atom. The van der Waals surface area contributed by atoms with Crippen molar-refractivity contribution >= 4 is 33.8 Å². The number of methoxy groups -OCH3 is 1. The molecule has 0 bridgehead atoms. The zero-order valence-electron chi connectivity index (χ0n) is 19.5. The summed E-state index contributed by atoms with van der Waals surface area (Å²) in [6.07, 6.45) is 0. The molecule has 0 unspecified atom stereocenters. The van der Waals surface area contributed by atoms with Gasteiger partial charge in [0.15, 0.2) is 4.96 Å². The number of hydrogen-bond donors (Lipinski definition) is 1. The molecule has 2 aromatic carbocycles. The van der Waals surface area contributed by atoms with Crippen LogP contribution in [0.2, 0.25) is 0 Å². The number of aromatic nitrogens is 2. The highest BCUT2D eigenvalue weighted by molar-refractivity contribution is 7.19. The Bertz CT molecular complexity index is 1280. The fourth-order valence-electron chi connectivity index (χ4n) is 3.68. The number of carbonyl (C=O) groups excluding carboxylic acids is 1. The molecule has 0 atom stereocenters. The van der Waals surface area contributed by atoms with Crippen LogP contribution in [0.4, 0.5) is 11.5 Å². The summed E-state index contributed by atoms with van der Waals surface area (Å²) >= 11 is 1.35. The predicted octanol–water partition coefficient (Wildman–Crippen LogP) is 5.23. The van der Waals surface area contributed by atoms with Crippen molar-refractivity contribution in [3.05, 3.63) is 64.7 Å². The van der Waals surface area contributed by atoms with Gasteiger partial charge in [-0.3, -0.25) is 4.40 Å². The summed E-state index contributed by atoms with van der Waals surface area (Å²) in [6.45, 7) is 4.65. The van der Waals surface area contributed by atoms with Crippen molar-refractivity contribution in [1.82, 2.24) is 9.38 Å². The van der Waals surface area contributed by atoms with E-state index in [4.69, 9.17) is 14.5 Å². The van der Waals surface area contributed by atoms with Gasteiger partial charge in [0.05, 0.1) is 13.7 Å². The number of aryl methyl sites for hydroxylation is 1. The Hall–Kier alpha value is -3.52. The molecule has 4 aromatic rings. The highest BCUT2D eigenvalue weighted by atomic mass is 32.1. The van der Waals surface area contributed by atoms with Gasteiger partial charge in [-0.25, -0.2) is 9.78 Å². The largest absolute Gasteiger partial charge is 0.497 e. The van der Waals surface area contributed by atoms with Crippen molar-refractivity contribution in [3.8, 4) is 17.0 Å². The van der Waals surface area contributed by atoms with Crippen molar-refractivity contribution < 1.29 is 14.3 Å². The Morgan fingerprint density at radius 2 is 1.94 bits per heavy atom. The number of hydrogen-bond acceptors (Lipinski definition) is 7. The summed E-state index contributed by atoms with van der Waals surface area (Å²) in [7, 11) is 5.69. The fraction of sp³-hybridized carbons (Fsp3) is 0.280. The van der Waals surface area contributed by atoms with Gasteiger partial charge in [0.1, 0.15) is 22.1 Å². The van der Waals surface area contributed by atoms with Crippen molar-refractivity contribution in [3.63, 3.8) is 0 Å². The maximum absolute atomic E-state index is 12.5. The number of benzene rings is 2. The van der Waals surface area contributed by atoms with E-state index < -0.39 is 0 Å². The number of anilines is 2. The normalized spacial score (nSPS) is 10.9. The summed E-state index contributed by atoms with van der Waals surface area (Å²) in [5, 5.41) is 3.55. The molecular weight excluding hydrogens is 436 g/mol. The lowest BCUT2D eigenvalue weighted by molar-refractivity contribution is 0.0531. The molecule has 33 heavy (non-hydrogen) atoms. The third kappa shape index (κ3) is 4.52. The number of fused-ring (bicyclic) bond motifs is 1. The Balaban J connectivity index is 1.78. The van der Waals surface area contributed by atoms with E-state index in [1.165, 1.54) is 11.3 Å². The van der Waals surface area contributed by atoms with Gasteiger partial charge in [-0.15, -0.1) is 0 Å². The number of nitrogens with zero attached hydrogens (tertiary/aromatic N) is 3. The molecule has 0 saturated heterocycles. The van der Waals surface area contributed by atoms with Gasteiger partial charge >= 0.3 is 5.97 Å². The number of ether oxygens (including phenoxy) is 2. The molecule has 2 heterocycles. The first kappa shape index (κ1) is 22.7. The molecule has 1 N–H and O–H groups in total. The van der Waals surface area contributed by atoms with E-state index in [1.807, 2.05) is 56.6 Å². The molecule has 0 aliphatic rings. The molecule has 172 valence electrons. The van der Waals surface area contributed by atoms with E-state index in [-0.39, 0.29) is 5.97 Å². The average molecular weight is 465 g/mol. The molecule has 7 nitrogen and oxygen atoms in total. The predicted molar refractivity (Wildman–Crippen MR) is 134 cm³/mol. The van der Waals surface area contributed by atoms with Gasteiger partial charge in [-0.1, -0.05) is 35.6 Å². The minimum absolute atomic E-state index is 0.318. The minimum Gasteiger partial charge on any atom is -0.497 e. The van der Waals surface area contributed by atoms with E-state index >= 15 is 0 Å². The molecule has 0 fully saturated rings. The van der Waals surface area contributed by atoms with Crippen LogP contribution < -0.4 is 15.0 Å².